The minimum absolute atomic E-state index is 0. The number of fused-ring (bicyclic) bond motifs is 9. The van der Waals surface area contributed by atoms with Gasteiger partial charge in [0.25, 0.3) is 11.8 Å². The predicted octanol–water partition coefficient (Wildman–Crippen LogP) is 12.0. The standard InChI is InChI=1S/C28H29N7O5.C25H22N6O6.C23H21N7O4.C3H9N.ClH.4H2/c1-17(2)30-27(36)18-10-11-19(29-14-18)15-39-28-22-8-4-3-7-21(22)25-31-32-26(35(25)33-28)23-13-20(40-34-23)16-38-24-9-5-6-12-37-24;32-25(33)15-8-9-16(26-12-15)13-36-24-19-6-2-1-5-18(19)22-27-28-23(31(22)29-24)20-11-17(37-30-20)14-35-21-7-3-4-10-34-21;1-13(2)25-22(32)14-7-8-15(24-10-14)12-33-23-18-6-4-3-5-17(18)20-26-27-21(30(20)28-23)19-9-16(11-31)34-29-19;1-3(2)4;;;;;/h3-4,7-8,10-11,13-14,17,24H,5-6,9,12,15-16H2,1-2H3,(H,30,36);1-2,5-6,8-9,11-12,21H,3-4,7,10,13-14H2,(H,32,33);3-10,13,31H,11-12H2,1-2H3,(H,25,32);3H,4H2,1-2H3;5*1H/i;;;;;3*1+1D;1+1. The zero-order chi connectivity index (χ0) is 85.9. The zero-order valence-corrected chi connectivity index (χ0v) is 64.7. The molecule has 0 spiro atoms. The summed E-state index contributed by atoms with van der Waals surface area (Å²) in [7, 11) is 0. The van der Waals surface area contributed by atoms with Crippen LogP contribution in [0.15, 0.2) is 160 Å². The lowest BCUT2D eigenvalue weighted by atomic mass is 10.2. The molecule has 17 rings (SSSR count). The molecule has 2 unspecified atom stereocenters. The average molecular weight is 1620 g/mol. The Morgan fingerprint density at radius 2 is 0.819 bits per heavy atom. The number of nitrogens with zero attached hydrogens (tertiary/aromatic N) is 18. The van der Waals surface area contributed by atoms with E-state index >= 15 is 0 Å². The molecular formula is C79H90ClN21O15. The van der Waals surface area contributed by atoms with Crippen molar-refractivity contribution in [3.63, 3.8) is 0 Å². The molecule has 0 aliphatic carbocycles. The first-order valence-electron chi connectivity index (χ1n) is 40.2. The van der Waals surface area contributed by atoms with Gasteiger partial charge in [-0.05, 0) is 127 Å². The van der Waals surface area contributed by atoms with Gasteiger partial charge in [0.2, 0.25) is 35.1 Å². The molecule has 2 fully saturated rings. The molecule has 15 aromatic rings. The molecule has 2 atom stereocenters. The van der Waals surface area contributed by atoms with E-state index in [9.17, 15) is 19.5 Å². The van der Waals surface area contributed by atoms with Gasteiger partial charge in [0, 0.05) is 105 Å². The third-order valence-electron chi connectivity index (χ3n) is 17.5. The molecule has 12 aromatic heterocycles. The van der Waals surface area contributed by atoms with E-state index in [0.717, 1.165) is 70.8 Å². The maximum atomic E-state index is 12.2. The first-order chi connectivity index (χ1) is 59.0. The highest BCUT2D eigenvalue weighted by Crippen LogP contribution is 2.34. The van der Waals surface area contributed by atoms with Gasteiger partial charge in [0.05, 0.1) is 33.8 Å². The minimum atomic E-state index is -1.04. The number of aliphatic hydroxyl groups excluding tert-OH is 1. The molecule has 37 heteroatoms. The Kier molecular flexibility index (Phi) is 25.1. The highest BCUT2D eigenvalue weighted by atomic mass is 35.5. The zero-order valence-electron chi connectivity index (χ0n) is 69.9. The van der Waals surface area contributed by atoms with E-state index in [-0.39, 0.29) is 95.5 Å². The van der Waals surface area contributed by atoms with Gasteiger partial charge < -0.3 is 73.3 Å². The maximum Gasteiger partial charge on any atom is 0.337 e. The summed E-state index contributed by atoms with van der Waals surface area (Å²) in [6.45, 7) is 13.5. The molecule has 116 heavy (non-hydrogen) atoms. The molecule has 2 saturated heterocycles. The van der Waals surface area contributed by atoms with E-state index in [2.05, 4.69) is 81.8 Å². The normalized spacial score (nSPS) is 14.3. The lowest BCUT2D eigenvalue weighted by Gasteiger charge is -2.21. The smallest absolute Gasteiger partial charge is 0.337 e. The van der Waals surface area contributed by atoms with Crippen LogP contribution in [0.3, 0.4) is 0 Å². The van der Waals surface area contributed by atoms with Crippen LogP contribution in [0.25, 0.3) is 83.8 Å². The Labute approximate surface area is 677 Å². The molecule has 3 aromatic carbocycles. The molecule has 2 amide bonds. The fourth-order valence-corrected chi connectivity index (χ4v) is 12.0. The van der Waals surface area contributed by atoms with Crippen LogP contribution in [0.1, 0.15) is 156 Å². The number of nitrogens with two attached hydrogens (primary N) is 1. The Morgan fingerprint density at radius 3 is 1.12 bits per heavy atom. The number of hydrogen-bond acceptors (Lipinski definition) is 30. The van der Waals surface area contributed by atoms with Gasteiger partial charge >= 0.3 is 5.97 Å². The number of halogens is 1. The number of aliphatic hydroxyl groups is 1. The number of benzene rings is 3. The largest absolute Gasteiger partial charge is 0.478 e. The summed E-state index contributed by atoms with van der Waals surface area (Å²) < 4.78 is 91.7. The van der Waals surface area contributed by atoms with Crippen molar-refractivity contribution in [1.82, 2.24) is 100 Å². The molecule has 0 radical (unpaired) electrons. The number of pyridine rings is 3. The van der Waals surface area contributed by atoms with E-state index in [1.54, 1.807) is 57.6 Å². The van der Waals surface area contributed by atoms with Crippen molar-refractivity contribution in [3.05, 3.63) is 197 Å². The van der Waals surface area contributed by atoms with Gasteiger partial charge in [-0.2, -0.15) is 13.5 Å². The van der Waals surface area contributed by atoms with Crippen LogP contribution >= 0.6 is 12.4 Å². The van der Waals surface area contributed by atoms with Crippen LogP contribution in [0.2, 0.25) is 0 Å². The van der Waals surface area contributed by atoms with Crippen LogP contribution < -0.4 is 30.6 Å². The second-order valence-electron chi connectivity index (χ2n) is 27.5. The van der Waals surface area contributed by atoms with Crippen molar-refractivity contribution in [2.45, 2.75) is 150 Å². The third kappa shape index (κ3) is 19.6. The Morgan fingerprint density at radius 1 is 0.483 bits per heavy atom. The average Bonchev–Trinajstić information content (AvgIpc) is 1.64. The van der Waals surface area contributed by atoms with E-state index in [1.807, 2.05) is 114 Å². The lowest BCUT2D eigenvalue weighted by Crippen LogP contribution is -2.30. The summed E-state index contributed by atoms with van der Waals surface area (Å²) in [5.41, 5.74) is 11.0. The molecule has 2 aliphatic heterocycles. The molecule has 2 aliphatic rings. The first kappa shape index (κ1) is 77.0. The number of nitrogens with one attached hydrogen (secondary N) is 2. The highest BCUT2D eigenvalue weighted by molar-refractivity contribution is 5.99. The molecule has 6 N–H and O–H groups in total. The van der Waals surface area contributed by atoms with E-state index < -0.39 is 5.97 Å². The summed E-state index contributed by atoms with van der Waals surface area (Å²) >= 11 is 0. The summed E-state index contributed by atoms with van der Waals surface area (Å²) in [5, 5.41) is 80.8. The van der Waals surface area contributed by atoms with Crippen molar-refractivity contribution in [1.29, 1.82) is 0 Å². The predicted molar refractivity (Wildman–Crippen MR) is 427 cm³/mol. The van der Waals surface area contributed by atoms with Crippen LogP contribution in [-0.2, 0) is 58.6 Å². The number of ether oxygens (including phenoxy) is 7. The number of carboxylic acid groups (broad SMARTS) is 1. The van der Waals surface area contributed by atoms with Crippen LogP contribution in [-0.4, -0.2) is 162 Å². The fourth-order valence-electron chi connectivity index (χ4n) is 12.0. The Balaban J connectivity index is 0.000000197. The number of hydrogen-bond donors (Lipinski definition) is 5. The Bertz CT molecular complexity index is 5880. The van der Waals surface area contributed by atoms with Gasteiger partial charge in [-0.15, -0.1) is 58.3 Å². The SMILES string of the molecule is CC(C)N.CC(C)NC(=O)c1ccc(COc2nn3c(-c4cc(CO)on4)nnc3c3ccccc23)nc1.CC(C)NC(=O)c1ccc(COc2nn3c(-c4cc(COC5CCCCO5)on4)nnc3c3ccccc23)nc1.Cl.O=C(O)c1ccc(COc2nn3c(-c4cc(COC5CCCCO5)on4)nnc3c3ccccc23)nc1.[2HH].[2H][2H].[2H][2H].[2H][2H]. The third-order valence-corrected chi connectivity index (χ3v) is 17.5. The molecule has 14 heterocycles. The first-order valence-corrected chi connectivity index (χ1v) is 37.2. The van der Waals surface area contributed by atoms with Crippen LogP contribution in [0, 0.1) is 0 Å². The van der Waals surface area contributed by atoms with E-state index in [0.29, 0.717) is 134 Å². The topological polar surface area (TPSA) is 452 Å². The van der Waals surface area contributed by atoms with E-state index in [1.165, 1.54) is 29.2 Å². The van der Waals surface area contributed by atoms with Gasteiger partial charge in [-0.25, -0.2) is 4.79 Å². The molecule has 0 bridgehead atoms. The molecule has 36 nitrogen and oxygen atoms in total. The van der Waals surface area contributed by atoms with Crippen LogP contribution in [0.4, 0.5) is 0 Å². The monoisotopic (exact) mass is 1610 g/mol. The van der Waals surface area contributed by atoms with Crippen LogP contribution in [0.5, 0.6) is 17.6 Å². The summed E-state index contributed by atoms with van der Waals surface area (Å²) in [6, 6.07) is 38.3. The van der Waals surface area contributed by atoms with Crippen molar-refractivity contribution in [2.75, 3.05) is 13.2 Å². The number of carbonyl (C=O) groups excluding carboxylic acids is 2. The number of rotatable bonds is 24. The number of carbonyl (C=O) groups is 3. The van der Waals surface area contributed by atoms with Gasteiger partial charge in [-0.1, -0.05) is 83.9 Å². The number of aromatic carboxylic acids is 1. The van der Waals surface area contributed by atoms with Gasteiger partial charge in [0.15, 0.2) is 63.9 Å². The van der Waals surface area contributed by atoms with Crippen molar-refractivity contribution >= 4 is 79.4 Å². The van der Waals surface area contributed by atoms with Crippen molar-refractivity contribution < 1.29 is 81.7 Å². The summed E-state index contributed by atoms with van der Waals surface area (Å²) in [6.07, 6.45) is 9.86. The second kappa shape index (κ2) is 37.8. The van der Waals surface area contributed by atoms with Crippen molar-refractivity contribution in [3.8, 4) is 52.2 Å². The second-order valence-corrected chi connectivity index (χ2v) is 27.5. The maximum absolute atomic E-state index is 12.2. The molecular weight excluding hydrogens is 1520 g/mol. The van der Waals surface area contributed by atoms with Gasteiger partial charge in [-0.3, -0.25) is 24.5 Å². The van der Waals surface area contributed by atoms with Gasteiger partial charge in [0.1, 0.15) is 39.6 Å². The molecule has 608 valence electrons. The van der Waals surface area contributed by atoms with E-state index in [4.69, 9.17) is 71.6 Å². The summed E-state index contributed by atoms with van der Waals surface area (Å²) in [5.74, 6) is 2.25. The number of carboxylic acids is 1. The minimum Gasteiger partial charge on any atom is -0.478 e. The van der Waals surface area contributed by atoms with Crippen molar-refractivity contribution in [2.24, 2.45) is 5.73 Å². The molecule has 0 saturated carbocycles. The lowest BCUT2D eigenvalue weighted by molar-refractivity contribution is -0.171. The Hall–Kier alpha value is -13.0. The number of aromatic nitrogens is 18. The summed E-state index contributed by atoms with van der Waals surface area (Å²) in [4.78, 5) is 48.3. The fraction of sp³-hybridized carbons (Fsp3) is 0.316. The number of amides is 2. The highest BCUT2D eigenvalue weighted by Gasteiger charge is 2.26. The quantitative estimate of drug-likeness (QED) is 0.0375.